The van der Waals surface area contributed by atoms with Crippen LogP contribution >= 0.6 is 23.2 Å². The van der Waals surface area contributed by atoms with E-state index in [4.69, 9.17) is 23.2 Å². The second kappa shape index (κ2) is 5.91. The first-order valence-electron chi connectivity index (χ1n) is 6.07. The average Bonchev–Trinajstić information content (AvgIpc) is 2.34. The fourth-order valence-corrected chi connectivity index (χ4v) is 2.54. The molecule has 1 saturated heterocycles. The summed E-state index contributed by atoms with van der Waals surface area (Å²) < 4.78 is 0. The molecule has 98 valence electrons. The van der Waals surface area contributed by atoms with Crippen molar-refractivity contribution in [1.82, 2.24) is 5.32 Å². The topological polar surface area (TPSA) is 41.1 Å². The van der Waals surface area contributed by atoms with Crippen molar-refractivity contribution in [2.75, 3.05) is 11.9 Å². The van der Waals surface area contributed by atoms with Gasteiger partial charge in [0.2, 0.25) is 5.91 Å². The van der Waals surface area contributed by atoms with Gasteiger partial charge in [0.15, 0.2) is 0 Å². The van der Waals surface area contributed by atoms with E-state index in [2.05, 4.69) is 17.6 Å². The van der Waals surface area contributed by atoms with Gasteiger partial charge in [0, 0.05) is 5.02 Å². The zero-order valence-corrected chi connectivity index (χ0v) is 11.7. The normalized spacial score (nSPS) is 23.7. The maximum Gasteiger partial charge on any atom is 0.241 e. The molecule has 1 aromatic carbocycles. The van der Waals surface area contributed by atoms with Crippen LogP contribution in [0.15, 0.2) is 18.2 Å². The number of halogens is 2. The summed E-state index contributed by atoms with van der Waals surface area (Å²) in [7, 11) is 0. The molecule has 3 nitrogen and oxygen atoms in total. The standard InChI is InChI=1S/C13H16Cl2N2O/c1-8-3-2-6-16-12(8)13(18)17-11-7-9(14)4-5-10(11)15/h4-5,7-8,12,16H,2-3,6H2,1H3,(H,17,18). The largest absolute Gasteiger partial charge is 0.323 e. The Kier molecular flexibility index (Phi) is 4.49. The summed E-state index contributed by atoms with van der Waals surface area (Å²) >= 11 is 11.9. The molecule has 1 fully saturated rings. The van der Waals surface area contributed by atoms with Crippen LogP contribution in [0.5, 0.6) is 0 Å². The lowest BCUT2D eigenvalue weighted by Crippen LogP contribution is -2.48. The molecule has 0 bridgehead atoms. The molecule has 18 heavy (non-hydrogen) atoms. The first-order valence-corrected chi connectivity index (χ1v) is 6.83. The lowest BCUT2D eigenvalue weighted by atomic mass is 9.92. The minimum absolute atomic E-state index is 0.0497. The van der Waals surface area contributed by atoms with Gasteiger partial charge in [-0.2, -0.15) is 0 Å². The Morgan fingerprint density at radius 3 is 2.94 bits per heavy atom. The van der Waals surface area contributed by atoms with Crippen molar-refractivity contribution >= 4 is 34.8 Å². The first-order chi connectivity index (χ1) is 8.58. The molecule has 0 aromatic heterocycles. The van der Waals surface area contributed by atoms with Crippen LogP contribution in [0.1, 0.15) is 19.8 Å². The van der Waals surface area contributed by atoms with Crippen LogP contribution < -0.4 is 10.6 Å². The van der Waals surface area contributed by atoms with E-state index in [1.54, 1.807) is 18.2 Å². The highest BCUT2D eigenvalue weighted by Crippen LogP contribution is 2.26. The summed E-state index contributed by atoms with van der Waals surface area (Å²) in [6.45, 7) is 2.96. The molecule has 1 amide bonds. The van der Waals surface area contributed by atoms with Crippen molar-refractivity contribution in [2.45, 2.75) is 25.8 Å². The number of carbonyl (C=O) groups excluding carboxylic acids is 1. The minimum atomic E-state index is -0.159. The number of nitrogens with one attached hydrogen (secondary N) is 2. The van der Waals surface area contributed by atoms with Crippen molar-refractivity contribution in [3.05, 3.63) is 28.2 Å². The highest BCUT2D eigenvalue weighted by molar-refractivity contribution is 6.35. The molecular weight excluding hydrogens is 271 g/mol. The molecule has 1 aliphatic heterocycles. The van der Waals surface area contributed by atoms with E-state index in [1.165, 1.54) is 0 Å². The molecule has 2 rings (SSSR count). The van der Waals surface area contributed by atoms with Gasteiger partial charge in [0.1, 0.15) is 0 Å². The van der Waals surface area contributed by atoms with Gasteiger partial charge in [-0.15, -0.1) is 0 Å². The Morgan fingerprint density at radius 2 is 2.22 bits per heavy atom. The monoisotopic (exact) mass is 286 g/mol. The molecule has 1 aromatic rings. The quantitative estimate of drug-likeness (QED) is 0.876. The van der Waals surface area contributed by atoms with Crippen molar-refractivity contribution < 1.29 is 4.79 Å². The zero-order valence-electron chi connectivity index (χ0n) is 10.2. The molecule has 1 aliphatic rings. The average molecular weight is 287 g/mol. The Labute approximate surface area is 117 Å². The number of rotatable bonds is 2. The van der Waals surface area contributed by atoms with E-state index in [0.717, 1.165) is 19.4 Å². The third kappa shape index (κ3) is 3.16. The maximum atomic E-state index is 12.2. The van der Waals surface area contributed by atoms with Gasteiger partial charge in [-0.1, -0.05) is 30.1 Å². The van der Waals surface area contributed by atoms with Gasteiger partial charge >= 0.3 is 0 Å². The first kappa shape index (κ1) is 13.7. The van der Waals surface area contributed by atoms with Crippen molar-refractivity contribution in [1.29, 1.82) is 0 Å². The van der Waals surface area contributed by atoms with Crippen molar-refractivity contribution in [3.8, 4) is 0 Å². The third-order valence-corrected chi connectivity index (χ3v) is 3.80. The molecule has 2 atom stereocenters. The molecule has 0 aliphatic carbocycles. The smallest absolute Gasteiger partial charge is 0.241 e. The number of hydrogen-bond acceptors (Lipinski definition) is 2. The summed E-state index contributed by atoms with van der Waals surface area (Å²) in [5.74, 6) is 0.281. The fraction of sp³-hybridized carbons (Fsp3) is 0.462. The van der Waals surface area contributed by atoms with Gasteiger partial charge in [0.05, 0.1) is 16.8 Å². The van der Waals surface area contributed by atoms with Crippen LogP contribution in [0.2, 0.25) is 10.0 Å². The van der Waals surface area contributed by atoms with Crippen LogP contribution in [-0.2, 0) is 4.79 Å². The Morgan fingerprint density at radius 1 is 1.44 bits per heavy atom. The van der Waals surface area contributed by atoms with Crippen LogP contribution in [0.3, 0.4) is 0 Å². The molecular formula is C13H16Cl2N2O. The number of piperidine rings is 1. The summed E-state index contributed by atoms with van der Waals surface area (Å²) in [5.41, 5.74) is 0.564. The van der Waals surface area contributed by atoms with Crippen molar-refractivity contribution in [2.24, 2.45) is 5.92 Å². The molecule has 0 saturated carbocycles. The third-order valence-electron chi connectivity index (χ3n) is 3.24. The highest BCUT2D eigenvalue weighted by Gasteiger charge is 2.27. The second-order valence-electron chi connectivity index (χ2n) is 4.66. The van der Waals surface area contributed by atoms with Gasteiger partial charge in [-0.25, -0.2) is 0 Å². The van der Waals surface area contributed by atoms with Gasteiger partial charge < -0.3 is 10.6 Å². The summed E-state index contributed by atoms with van der Waals surface area (Å²) in [4.78, 5) is 12.2. The lowest BCUT2D eigenvalue weighted by molar-refractivity contribution is -0.119. The van der Waals surface area contributed by atoms with Crippen LogP contribution in [0.4, 0.5) is 5.69 Å². The Bertz CT molecular complexity index is 451. The van der Waals surface area contributed by atoms with Gasteiger partial charge in [-0.3, -0.25) is 4.79 Å². The van der Waals surface area contributed by atoms with Crippen LogP contribution in [0, 0.1) is 5.92 Å². The highest BCUT2D eigenvalue weighted by atomic mass is 35.5. The number of carbonyl (C=O) groups is 1. The molecule has 0 spiro atoms. The fourth-order valence-electron chi connectivity index (χ4n) is 2.20. The zero-order chi connectivity index (χ0) is 13.1. The summed E-state index contributed by atoms with van der Waals surface area (Å²) in [6.07, 6.45) is 2.18. The Balaban J connectivity index is 2.08. The number of benzene rings is 1. The van der Waals surface area contributed by atoms with Crippen molar-refractivity contribution in [3.63, 3.8) is 0 Å². The lowest BCUT2D eigenvalue weighted by Gasteiger charge is -2.29. The van der Waals surface area contributed by atoms with E-state index >= 15 is 0 Å². The van der Waals surface area contributed by atoms with E-state index in [1.807, 2.05) is 0 Å². The molecule has 2 unspecified atom stereocenters. The minimum Gasteiger partial charge on any atom is -0.323 e. The summed E-state index contributed by atoms with van der Waals surface area (Å²) in [6, 6.07) is 4.88. The van der Waals surface area contributed by atoms with E-state index in [9.17, 15) is 4.79 Å². The summed E-state index contributed by atoms with van der Waals surface area (Å²) in [5, 5.41) is 7.12. The van der Waals surface area contributed by atoms with E-state index in [-0.39, 0.29) is 11.9 Å². The van der Waals surface area contributed by atoms with Crippen LogP contribution in [-0.4, -0.2) is 18.5 Å². The number of anilines is 1. The molecule has 5 heteroatoms. The van der Waals surface area contributed by atoms with E-state index in [0.29, 0.717) is 21.7 Å². The van der Waals surface area contributed by atoms with E-state index < -0.39 is 0 Å². The number of hydrogen-bond donors (Lipinski definition) is 2. The predicted octanol–water partition coefficient (Wildman–Crippen LogP) is 3.32. The molecule has 1 heterocycles. The predicted molar refractivity (Wildman–Crippen MR) is 75.3 cm³/mol. The maximum absolute atomic E-state index is 12.2. The molecule has 2 N–H and O–H groups in total. The number of amides is 1. The second-order valence-corrected chi connectivity index (χ2v) is 5.51. The van der Waals surface area contributed by atoms with Gasteiger partial charge in [-0.05, 0) is 43.5 Å². The SMILES string of the molecule is CC1CCCNC1C(=O)Nc1cc(Cl)ccc1Cl. The molecule has 0 radical (unpaired) electrons. The van der Waals surface area contributed by atoms with Crippen LogP contribution in [0.25, 0.3) is 0 Å². The Hall–Kier alpha value is -0.770. The van der Waals surface area contributed by atoms with Gasteiger partial charge in [0.25, 0.3) is 0 Å².